The molecule has 76 valence electrons. The zero-order chi connectivity index (χ0) is 10.7. The zero-order valence-corrected chi connectivity index (χ0v) is 10.3. The number of phenols is 1. The first kappa shape index (κ1) is 10.6. The SMILES string of the molecule is Oc1ccc([Se]c2ccccc2)c(Cl)c1. The molecule has 0 aliphatic rings. The number of halogens is 1. The van der Waals surface area contributed by atoms with E-state index in [4.69, 9.17) is 11.6 Å². The van der Waals surface area contributed by atoms with Gasteiger partial charge in [0, 0.05) is 0 Å². The van der Waals surface area contributed by atoms with Crippen molar-refractivity contribution in [2.75, 3.05) is 0 Å². The Hall–Kier alpha value is -0.951. The van der Waals surface area contributed by atoms with Gasteiger partial charge >= 0.3 is 99.9 Å². The van der Waals surface area contributed by atoms with Crippen LogP contribution < -0.4 is 8.92 Å². The standard InChI is InChI=1S/C12H9ClOSe/c13-11-8-9(14)6-7-12(11)15-10-4-2-1-3-5-10/h1-8,14H. The molecule has 0 unspecified atom stereocenters. The van der Waals surface area contributed by atoms with Crippen LogP contribution in [0.4, 0.5) is 0 Å². The van der Waals surface area contributed by atoms with Gasteiger partial charge in [0.1, 0.15) is 0 Å². The van der Waals surface area contributed by atoms with Gasteiger partial charge in [-0.1, -0.05) is 0 Å². The summed E-state index contributed by atoms with van der Waals surface area (Å²) >= 11 is 6.24. The molecule has 3 heteroatoms. The van der Waals surface area contributed by atoms with E-state index in [0.717, 1.165) is 4.46 Å². The molecule has 0 saturated heterocycles. The number of rotatable bonds is 2. The molecule has 0 atom stereocenters. The number of hydrogen-bond donors (Lipinski definition) is 1. The molecular formula is C12H9ClOSe. The second-order valence-corrected chi connectivity index (χ2v) is 5.78. The van der Waals surface area contributed by atoms with Crippen LogP contribution in [0.1, 0.15) is 0 Å². The summed E-state index contributed by atoms with van der Waals surface area (Å²) in [4.78, 5) is 0. The Kier molecular flexibility index (Phi) is 3.32. The molecule has 0 aliphatic heterocycles. The molecule has 0 saturated carbocycles. The number of phenolic OH excluding ortho intramolecular Hbond substituents is 1. The average molecular weight is 284 g/mol. The van der Waals surface area contributed by atoms with Gasteiger partial charge in [0.15, 0.2) is 0 Å². The molecule has 0 radical (unpaired) electrons. The Bertz CT molecular complexity index is 456. The first-order valence-electron chi connectivity index (χ1n) is 4.47. The fourth-order valence-electron chi connectivity index (χ4n) is 1.19. The Balaban J connectivity index is 2.25. The maximum absolute atomic E-state index is 9.23. The van der Waals surface area contributed by atoms with Crippen LogP contribution in [0.3, 0.4) is 0 Å². The monoisotopic (exact) mass is 284 g/mol. The third-order valence-corrected chi connectivity index (χ3v) is 4.73. The zero-order valence-electron chi connectivity index (χ0n) is 7.85. The van der Waals surface area contributed by atoms with Gasteiger partial charge in [0.25, 0.3) is 0 Å². The van der Waals surface area contributed by atoms with Crippen molar-refractivity contribution >= 4 is 35.5 Å². The maximum atomic E-state index is 9.23. The number of hydrogen-bond acceptors (Lipinski definition) is 1. The Morgan fingerprint density at radius 3 is 2.40 bits per heavy atom. The molecule has 0 heterocycles. The summed E-state index contributed by atoms with van der Waals surface area (Å²) in [6.07, 6.45) is 0. The van der Waals surface area contributed by atoms with Crippen LogP contribution in [-0.2, 0) is 0 Å². The summed E-state index contributed by atoms with van der Waals surface area (Å²) in [6, 6.07) is 15.3. The fraction of sp³-hybridized carbons (Fsp3) is 0. The quantitative estimate of drug-likeness (QED) is 0.832. The van der Waals surface area contributed by atoms with E-state index in [-0.39, 0.29) is 20.7 Å². The summed E-state index contributed by atoms with van der Waals surface area (Å²) in [6.45, 7) is 0. The van der Waals surface area contributed by atoms with E-state index >= 15 is 0 Å². The first-order valence-corrected chi connectivity index (χ1v) is 6.56. The summed E-state index contributed by atoms with van der Waals surface area (Å²) in [5, 5.41) is 9.86. The van der Waals surface area contributed by atoms with E-state index in [0.29, 0.717) is 5.02 Å². The van der Waals surface area contributed by atoms with Crippen molar-refractivity contribution in [3.63, 3.8) is 0 Å². The van der Waals surface area contributed by atoms with E-state index in [1.165, 1.54) is 4.46 Å². The normalized spacial score (nSPS) is 10.2. The number of benzene rings is 2. The van der Waals surface area contributed by atoms with Crippen LogP contribution in [-0.4, -0.2) is 20.1 Å². The molecule has 15 heavy (non-hydrogen) atoms. The molecule has 0 fully saturated rings. The van der Waals surface area contributed by atoms with Gasteiger partial charge in [-0.2, -0.15) is 0 Å². The molecule has 1 nitrogen and oxygen atoms in total. The minimum absolute atomic E-state index is 0.200. The molecule has 2 aromatic carbocycles. The second-order valence-electron chi connectivity index (χ2n) is 3.03. The third-order valence-electron chi connectivity index (χ3n) is 1.89. The molecule has 0 aromatic heterocycles. The van der Waals surface area contributed by atoms with Gasteiger partial charge in [-0.3, -0.25) is 0 Å². The molecule has 2 aromatic rings. The van der Waals surface area contributed by atoms with E-state index in [9.17, 15) is 5.11 Å². The fourth-order valence-corrected chi connectivity index (χ4v) is 3.32. The van der Waals surface area contributed by atoms with Crippen molar-refractivity contribution in [2.24, 2.45) is 0 Å². The number of aromatic hydroxyl groups is 1. The van der Waals surface area contributed by atoms with Crippen LogP contribution >= 0.6 is 11.6 Å². The van der Waals surface area contributed by atoms with E-state index in [1.807, 2.05) is 24.3 Å². The van der Waals surface area contributed by atoms with Gasteiger partial charge in [-0.05, 0) is 0 Å². The van der Waals surface area contributed by atoms with Crippen LogP contribution in [0.5, 0.6) is 5.75 Å². The predicted octanol–water partition coefficient (Wildman–Crippen LogP) is 1.70. The molecular weight excluding hydrogens is 275 g/mol. The van der Waals surface area contributed by atoms with Crippen molar-refractivity contribution in [3.8, 4) is 5.75 Å². The van der Waals surface area contributed by atoms with Gasteiger partial charge in [-0.25, -0.2) is 0 Å². The van der Waals surface area contributed by atoms with Crippen molar-refractivity contribution in [1.29, 1.82) is 0 Å². The summed E-state index contributed by atoms with van der Waals surface area (Å²) < 4.78 is 2.37. The van der Waals surface area contributed by atoms with Crippen LogP contribution in [0.25, 0.3) is 0 Å². The van der Waals surface area contributed by atoms with Gasteiger partial charge in [-0.15, -0.1) is 0 Å². The van der Waals surface area contributed by atoms with Crippen molar-refractivity contribution < 1.29 is 5.11 Å². The van der Waals surface area contributed by atoms with Gasteiger partial charge in [0.2, 0.25) is 0 Å². The van der Waals surface area contributed by atoms with E-state index in [2.05, 4.69) is 12.1 Å². The second kappa shape index (κ2) is 4.71. The molecule has 2 rings (SSSR count). The third kappa shape index (κ3) is 2.75. The van der Waals surface area contributed by atoms with Crippen LogP contribution in [0, 0.1) is 0 Å². The average Bonchev–Trinajstić information content (AvgIpc) is 2.24. The van der Waals surface area contributed by atoms with E-state index in [1.54, 1.807) is 12.1 Å². The minimum atomic E-state index is 0.200. The van der Waals surface area contributed by atoms with Crippen molar-refractivity contribution in [1.82, 2.24) is 0 Å². The van der Waals surface area contributed by atoms with Gasteiger partial charge < -0.3 is 0 Å². The molecule has 0 amide bonds. The van der Waals surface area contributed by atoms with E-state index < -0.39 is 0 Å². The molecule has 1 N–H and O–H groups in total. The van der Waals surface area contributed by atoms with Crippen molar-refractivity contribution in [2.45, 2.75) is 0 Å². The molecule has 0 bridgehead atoms. The first-order chi connectivity index (χ1) is 7.25. The van der Waals surface area contributed by atoms with Crippen LogP contribution in [0.2, 0.25) is 5.02 Å². The molecule has 0 aliphatic carbocycles. The Labute approximate surface area is 99.9 Å². The van der Waals surface area contributed by atoms with Crippen molar-refractivity contribution in [3.05, 3.63) is 53.6 Å². The van der Waals surface area contributed by atoms with Crippen LogP contribution in [0.15, 0.2) is 48.5 Å². The summed E-state index contributed by atoms with van der Waals surface area (Å²) in [5.41, 5.74) is 0. The topological polar surface area (TPSA) is 20.2 Å². The molecule has 0 spiro atoms. The Morgan fingerprint density at radius 1 is 1.00 bits per heavy atom. The summed E-state index contributed by atoms with van der Waals surface area (Å²) in [5.74, 6) is 0.215. The predicted molar refractivity (Wildman–Crippen MR) is 64.6 cm³/mol. The Morgan fingerprint density at radius 2 is 1.73 bits per heavy atom. The summed E-state index contributed by atoms with van der Waals surface area (Å²) in [7, 11) is 0. The van der Waals surface area contributed by atoms with Gasteiger partial charge in [0.05, 0.1) is 0 Å².